The fraction of sp³-hybridized carbons (Fsp3) is 0.433. The van der Waals surface area contributed by atoms with E-state index >= 15 is 0 Å². The monoisotopic (exact) mass is 502 g/mol. The first kappa shape index (κ1) is 27.9. The van der Waals surface area contributed by atoms with Gasteiger partial charge in [-0.2, -0.15) is 0 Å². The van der Waals surface area contributed by atoms with Crippen molar-refractivity contribution in [2.45, 2.75) is 58.4 Å². The molecule has 0 radical (unpaired) electrons. The first-order valence-electron chi connectivity index (χ1n) is 13.1. The summed E-state index contributed by atoms with van der Waals surface area (Å²) in [7, 11) is 0. The van der Waals surface area contributed by atoms with Gasteiger partial charge in [0.1, 0.15) is 12.4 Å². The highest BCUT2D eigenvalue weighted by Crippen LogP contribution is 2.23. The average Bonchev–Trinajstić information content (AvgIpc) is 2.91. The molecule has 0 saturated carbocycles. The van der Waals surface area contributed by atoms with E-state index in [-0.39, 0.29) is 25.0 Å². The Morgan fingerprint density at radius 2 is 1.78 bits per heavy atom. The van der Waals surface area contributed by atoms with E-state index < -0.39 is 0 Å². The molecular weight excluding hydrogens is 464 g/mol. The lowest BCUT2D eigenvalue weighted by Crippen LogP contribution is -2.35. The molecule has 37 heavy (non-hydrogen) atoms. The number of esters is 1. The van der Waals surface area contributed by atoms with Crippen LogP contribution >= 0.6 is 0 Å². The number of carbonyl (C=O) groups is 2. The molecule has 0 unspecified atom stereocenters. The van der Waals surface area contributed by atoms with Gasteiger partial charge in [-0.25, -0.2) is 0 Å². The Hall–Kier alpha value is -3.63. The summed E-state index contributed by atoms with van der Waals surface area (Å²) in [6.07, 6.45) is 13.1. The molecule has 1 aliphatic heterocycles. The molecule has 1 heterocycles. The second-order valence-corrected chi connectivity index (χ2v) is 9.37. The van der Waals surface area contributed by atoms with Crippen LogP contribution in [0.15, 0.2) is 47.5 Å². The molecule has 0 fully saturated rings. The number of ether oxygens (including phenoxy) is 1. The highest BCUT2D eigenvalue weighted by Gasteiger charge is 2.20. The lowest BCUT2D eigenvalue weighted by atomic mass is 9.99. The minimum atomic E-state index is -0.212. The van der Waals surface area contributed by atoms with Crippen molar-refractivity contribution in [1.29, 1.82) is 0 Å². The summed E-state index contributed by atoms with van der Waals surface area (Å²) >= 11 is 0. The standard InChI is InChI=1S/C30H38N4O3/c1-3-5-6-7-8-9-19-37-28(35)22-34-18-16-23-14-15-27(20-26(23)21-34)33-30(36)25-12-10-24(11-13-25)29(31)32-17-4-2/h2,10-15,20H,3,5-9,16-19,21-22H2,1H3,(H2,31,32)(H,33,36). The number of terminal acetylenes is 1. The van der Waals surface area contributed by atoms with Crippen molar-refractivity contribution < 1.29 is 14.3 Å². The minimum Gasteiger partial charge on any atom is -0.465 e. The molecule has 0 spiro atoms. The number of benzene rings is 2. The van der Waals surface area contributed by atoms with E-state index in [1.54, 1.807) is 24.3 Å². The van der Waals surface area contributed by atoms with E-state index in [0.29, 0.717) is 30.1 Å². The zero-order valence-electron chi connectivity index (χ0n) is 21.8. The lowest BCUT2D eigenvalue weighted by Gasteiger charge is -2.28. The van der Waals surface area contributed by atoms with Crippen LogP contribution in [-0.4, -0.2) is 48.9 Å². The van der Waals surface area contributed by atoms with Crippen molar-refractivity contribution in [3.8, 4) is 12.3 Å². The molecule has 0 aliphatic carbocycles. The number of hydrogen-bond donors (Lipinski definition) is 2. The maximum Gasteiger partial charge on any atom is 0.320 e. The predicted molar refractivity (Wildman–Crippen MR) is 149 cm³/mol. The number of nitrogens with one attached hydrogen (secondary N) is 1. The van der Waals surface area contributed by atoms with E-state index in [9.17, 15) is 9.59 Å². The number of anilines is 1. The van der Waals surface area contributed by atoms with E-state index in [1.807, 2.05) is 18.2 Å². The van der Waals surface area contributed by atoms with Crippen LogP contribution in [0.3, 0.4) is 0 Å². The molecule has 7 nitrogen and oxygen atoms in total. The summed E-state index contributed by atoms with van der Waals surface area (Å²) in [6, 6.07) is 12.9. The van der Waals surface area contributed by atoms with Crippen LogP contribution in [0.2, 0.25) is 0 Å². The van der Waals surface area contributed by atoms with Gasteiger partial charge in [-0.1, -0.05) is 63.1 Å². The minimum absolute atomic E-state index is 0.171. The third-order valence-corrected chi connectivity index (χ3v) is 6.45. The Morgan fingerprint density at radius 3 is 2.54 bits per heavy atom. The van der Waals surface area contributed by atoms with Gasteiger partial charge in [-0.15, -0.1) is 6.42 Å². The Bertz CT molecular complexity index is 1120. The lowest BCUT2D eigenvalue weighted by molar-refractivity contribution is -0.145. The Labute approximate surface area is 220 Å². The molecular formula is C30H38N4O3. The normalized spacial score (nSPS) is 13.5. The van der Waals surface area contributed by atoms with Gasteiger partial charge in [0.15, 0.2) is 0 Å². The smallest absolute Gasteiger partial charge is 0.320 e. The number of nitrogens with zero attached hydrogens (tertiary/aromatic N) is 2. The predicted octanol–water partition coefficient (Wildman–Crippen LogP) is 4.54. The van der Waals surface area contributed by atoms with Gasteiger partial charge in [-0.05, 0) is 48.2 Å². The third kappa shape index (κ3) is 9.07. The molecule has 1 aliphatic rings. The number of amidine groups is 1. The zero-order valence-corrected chi connectivity index (χ0v) is 21.8. The first-order valence-corrected chi connectivity index (χ1v) is 13.1. The summed E-state index contributed by atoms with van der Waals surface area (Å²) in [4.78, 5) is 31.2. The molecule has 0 saturated heterocycles. The summed E-state index contributed by atoms with van der Waals surface area (Å²) in [6.45, 7) is 4.66. The average molecular weight is 503 g/mol. The van der Waals surface area contributed by atoms with Gasteiger partial charge in [0, 0.05) is 29.9 Å². The summed E-state index contributed by atoms with van der Waals surface area (Å²) in [5.74, 6) is 2.38. The third-order valence-electron chi connectivity index (χ3n) is 6.45. The number of carbonyl (C=O) groups excluding carboxylic acids is 2. The number of fused-ring (bicyclic) bond motifs is 1. The Morgan fingerprint density at radius 1 is 1.05 bits per heavy atom. The van der Waals surface area contributed by atoms with Crippen molar-refractivity contribution in [3.05, 3.63) is 64.7 Å². The number of unbranched alkanes of at least 4 members (excludes halogenated alkanes) is 5. The first-order chi connectivity index (χ1) is 18.0. The SMILES string of the molecule is C#CCN=C(N)c1ccc(C(=O)Nc2ccc3c(c2)CN(CC(=O)OCCCCCCCC)CC3)cc1. The number of nitrogens with two attached hydrogens (primary N) is 1. The summed E-state index contributed by atoms with van der Waals surface area (Å²) < 4.78 is 5.45. The van der Waals surface area contributed by atoms with Crippen LogP contribution in [0.1, 0.15) is 72.5 Å². The van der Waals surface area contributed by atoms with Crippen molar-refractivity contribution in [1.82, 2.24) is 4.90 Å². The Kier molecular flexibility index (Phi) is 11.2. The molecule has 0 atom stereocenters. The van der Waals surface area contributed by atoms with Gasteiger partial charge in [0.2, 0.25) is 0 Å². The van der Waals surface area contributed by atoms with Gasteiger partial charge < -0.3 is 15.8 Å². The molecule has 0 aromatic heterocycles. The van der Waals surface area contributed by atoms with Gasteiger partial charge >= 0.3 is 5.97 Å². The second-order valence-electron chi connectivity index (χ2n) is 9.37. The van der Waals surface area contributed by atoms with Crippen molar-refractivity contribution in [2.24, 2.45) is 10.7 Å². The number of amides is 1. The van der Waals surface area contributed by atoms with Crippen molar-refractivity contribution >= 4 is 23.4 Å². The van der Waals surface area contributed by atoms with Crippen LogP contribution in [0.5, 0.6) is 0 Å². The quantitative estimate of drug-likeness (QED) is 0.138. The van der Waals surface area contributed by atoms with Crippen LogP contribution in [0.25, 0.3) is 0 Å². The largest absolute Gasteiger partial charge is 0.465 e. The van der Waals surface area contributed by atoms with Crippen LogP contribution in [-0.2, 0) is 22.5 Å². The van der Waals surface area contributed by atoms with Crippen LogP contribution in [0, 0.1) is 12.3 Å². The van der Waals surface area contributed by atoms with E-state index in [0.717, 1.165) is 37.1 Å². The van der Waals surface area contributed by atoms with E-state index in [4.69, 9.17) is 16.9 Å². The molecule has 196 valence electrons. The maximum absolute atomic E-state index is 12.8. The van der Waals surface area contributed by atoms with Gasteiger partial charge in [0.05, 0.1) is 13.2 Å². The van der Waals surface area contributed by atoms with E-state index in [1.165, 1.54) is 31.2 Å². The van der Waals surface area contributed by atoms with Crippen LogP contribution in [0.4, 0.5) is 5.69 Å². The number of aliphatic imine (C=N–C) groups is 1. The molecule has 7 heteroatoms. The molecule has 1 amide bonds. The summed E-state index contributed by atoms with van der Waals surface area (Å²) in [5.41, 5.74) is 10.2. The summed E-state index contributed by atoms with van der Waals surface area (Å²) in [5, 5.41) is 2.96. The molecule has 2 aromatic rings. The zero-order chi connectivity index (χ0) is 26.5. The maximum atomic E-state index is 12.8. The van der Waals surface area contributed by atoms with Crippen molar-refractivity contribution in [3.63, 3.8) is 0 Å². The highest BCUT2D eigenvalue weighted by molar-refractivity contribution is 6.05. The molecule has 3 rings (SSSR count). The Balaban J connectivity index is 1.49. The fourth-order valence-corrected chi connectivity index (χ4v) is 4.34. The van der Waals surface area contributed by atoms with E-state index in [2.05, 4.69) is 28.1 Å². The molecule has 2 aromatic carbocycles. The molecule has 3 N–H and O–H groups in total. The van der Waals surface area contributed by atoms with Crippen molar-refractivity contribution in [2.75, 3.05) is 31.6 Å². The number of hydrogen-bond acceptors (Lipinski definition) is 5. The second kappa shape index (κ2) is 14.8. The van der Waals surface area contributed by atoms with Gasteiger partial charge in [0.25, 0.3) is 5.91 Å². The highest BCUT2D eigenvalue weighted by atomic mass is 16.5. The number of rotatable bonds is 13. The van der Waals surface area contributed by atoms with Gasteiger partial charge in [-0.3, -0.25) is 19.5 Å². The fourth-order valence-electron chi connectivity index (χ4n) is 4.34. The van der Waals surface area contributed by atoms with Crippen LogP contribution < -0.4 is 11.1 Å². The topological polar surface area (TPSA) is 97.0 Å². The molecule has 0 bridgehead atoms.